The fourth-order valence-electron chi connectivity index (χ4n) is 0.933. The summed E-state index contributed by atoms with van der Waals surface area (Å²) in [5.41, 5.74) is 0.689. The maximum atomic E-state index is 12.4. The van der Waals surface area contributed by atoms with E-state index in [0.717, 1.165) is 0 Å². The zero-order valence-corrected chi connectivity index (χ0v) is 9.16. The van der Waals surface area contributed by atoms with Gasteiger partial charge in [-0.25, -0.2) is 8.78 Å². The molecule has 72 valence electrons. The fraction of sp³-hybridized carbons (Fsp3) is 0.375. The highest BCUT2D eigenvalue weighted by atomic mass is 79.9. The average molecular weight is 271 g/mol. The molecule has 1 aromatic rings. The van der Waals surface area contributed by atoms with E-state index in [-0.39, 0.29) is 11.6 Å². The van der Waals surface area contributed by atoms with Gasteiger partial charge in [0.25, 0.3) is 6.43 Å². The van der Waals surface area contributed by atoms with Crippen molar-refractivity contribution < 1.29 is 8.78 Å². The Bertz CT molecular complexity index is 317. The lowest BCUT2D eigenvalue weighted by molar-refractivity contribution is 0.145. The van der Waals surface area contributed by atoms with Crippen molar-refractivity contribution in [2.24, 2.45) is 0 Å². The molecule has 0 aliphatic heterocycles. The van der Waals surface area contributed by atoms with Crippen LogP contribution in [0.3, 0.4) is 0 Å². The Labute approximate surface area is 88.2 Å². The predicted molar refractivity (Wildman–Crippen MR) is 51.2 cm³/mol. The monoisotopic (exact) mass is 269 g/mol. The zero-order chi connectivity index (χ0) is 10.0. The van der Waals surface area contributed by atoms with E-state index < -0.39 is 6.43 Å². The molecule has 0 atom stereocenters. The second-order valence-corrected chi connectivity index (χ2v) is 3.66. The van der Waals surface area contributed by atoms with E-state index in [1.165, 1.54) is 0 Å². The lowest BCUT2D eigenvalue weighted by Crippen LogP contribution is -1.99. The standard InChI is InChI=1S/C8H7BrClF2N/c1-4-6(9)2-5(3-10)7(13-4)8(11)12/h2,8H,3H2,1H3. The van der Waals surface area contributed by atoms with Gasteiger partial charge in [0.1, 0.15) is 5.69 Å². The summed E-state index contributed by atoms with van der Waals surface area (Å²) in [4.78, 5) is 3.76. The predicted octanol–water partition coefficient (Wildman–Crippen LogP) is 3.83. The van der Waals surface area contributed by atoms with Crippen molar-refractivity contribution in [2.75, 3.05) is 0 Å². The number of pyridine rings is 1. The number of aryl methyl sites for hydroxylation is 1. The minimum absolute atomic E-state index is 0.0472. The molecule has 0 amide bonds. The van der Waals surface area contributed by atoms with Crippen LogP contribution in [0.2, 0.25) is 0 Å². The van der Waals surface area contributed by atoms with Gasteiger partial charge < -0.3 is 0 Å². The molecule has 0 aliphatic rings. The van der Waals surface area contributed by atoms with Crippen LogP contribution in [0.4, 0.5) is 8.78 Å². The maximum Gasteiger partial charge on any atom is 0.280 e. The van der Waals surface area contributed by atoms with Gasteiger partial charge in [-0.05, 0) is 34.5 Å². The van der Waals surface area contributed by atoms with Gasteiger partial charge in [-0.15, -0.1) is 11.6 Å². The van der Waals surface area contributed by atoms with Crippen molar-refractivity contribution in [3.05, 3.63) is 27.5 Å². The largest absolute Gasteiger partial charge is 0.280 e. The van der Waals surface area contributed by atoms with Crippen molar-refractivity contribution in [3.63, 3.8) is 0 Å². The lowest BCUT2D eigenvalue weighted by atomic mass is 10.2. The molecule has 0 aromatic carbocycles. The molecular weight excluding hydrogens is 263 g/mol. The minimum Gasteiger partial charge on any atom is -0.251 e. The van der Waals surface area contributed by atoms with Crippen LogP contribution in [0, 0.1) is 6.92 Å². The van der Waals surface area contributed by atoms with E-state index in [0.29, 0.717) is 15.7 Å². The maximum absolute atomic E-state index is 12.4. The van der Waals surface area contributed by atoms with Gasteiger partial charge in [-0.3, -0.25) is 4.98 Å². The Balaban J connectivity index is 3.25. The zero-order valence-electron chi connectivity index (χ0n) is 6.82. The number of nitrogens with zero attached hydrogens (tertiary/aromatic N) is 1. The molecule has 1 aromatic heterocycles. The van der Waals surface area contributed by atoms with Gasteiger partial charge in [0.05, 0.1) is 5.69 Å². The van der Waals surface area contributed by atoms with E-state index in [1.54, 1.807) is 13.0 Å². The lowest BCUT2D eigenvalue weighted by Gasteiger charge is -2.07. The SMILES string of the molecule is Cc1nc(C(F)F)c(CCl)cc1Br. The summed E-state index contributed by atoms with van der Waals surface area (Å²) in [6.07, 6.45) is -2.57. The molecule has 5 heteroatoms. The third-order valence-corrected chi connectivity index (χ3v) is 2.71. The Morgan fingerprint density at radius 2 is 2.23 bits per heavy atom. The molecule has 0 saturated heterocycles. The first kappa shape index (κ1) is 10.9. The molecular formula is C8H7BrClF2N. The van der Waals surface area contributed by atoms with Crippen LogP contribution < -0.4 is 0 Å². The summed E-state index contributed by atoms with van der Waals surface area (Å²) in [5.74, 6) is 0.0472. The summed E-state index contributed by atoms with van der Waals surface area (Å²) < 4.78 is 25.5. The normalized spacial score (nSPS) is 10.9. The van der Waals surface area contributed by atoms with Crippen LogP contribution >= 0.6 is 27.5 Å². The average Bonchev–Trinajstić information content (AvgIpc) is 2.08. The highest BCUT2D eigenvalue weighted by Crippen LogP contribution is 2.26. The molecule has 13 heavy (non-hydrogen) atoms. The molecule has 0 unspecified atom stereocenters. The summed E-state index contributed by atoms with van der Waals surface area (Å²) in [6, 6.07) is 1.58. The number of aromatic nitrogens is 1. The molecule has 0 saturated carbocycles. The Kier molecular flexibility index (Phi) is 3.62. The van der Waals surface area contributed by atoms with E-state index in [2.05, 4.69) is 20.9 Å². The number of hydrogen-bond donors (Lipinski definition) is 0. The van der Waals surface area contributed by atoms with Crippen LogP contribution in [-0.4, -0.2) is 4.98 Å². The van der Waals surface area contributed by atoms with Crippen molar-refractivity contribution in [1.82, 2.24) is 4.98 Å². The van der Waals surface area contributed by atoms with Gasteiger partial charge in [-0.2, -0.15) is 0 Å². The van der Waals surface area contributed by atoms with Gasteiger partial charge >= 0.3 is 0 Å². The topological polar surface area (TPSA) is 12.9 Å². The Morgan fingerprint density at radius 3 is 2.69 bits per heavy atom. The summed E-state index contributed by atoms with van der Waals surface area (Å²) in [5, 5.41) is 0. The van der Waals surface area contributed by atoms with E-state index in [4.69, 9.17) is 11.6 Å². The van der Waals surface area contributed by atoms with Gasteiger partial charge in [0, 0.05) is 10.4 Å². The number of rotatable bonds is 2. The van der Waals surface area contributed by atoms with Gasteiger partial charge in [-0.1, -0.05) is 0 Å². The molecule has 0 spiro atoms. The first-order valence-electron chi connectivity index (χ1n) is 3.56. The molecule has 0 aliphatic carbocycles. The molecule has 1 nitrogen and oxygen atoms in total. The first-order valence-corrected chi connectivity index (χ1v) is 4.89. The van der Waals surface area contributed by atoms with Crippen LogP contribution in [-0.2, 0) is 5.88 Å². The number of hydrogen-bond acceptors (Lipinski definition) is 1. The third kappa shape index (κ3) is 2.38. The van der Waals surface area contributed by atoms with Crippen molar-refractivity contribution in [1.29, 1.82) is 0 Å². The van der Waals surface area contributed by atoms with Crippen LogP contribution in [0.15, 0.2) is 10.5 Å². The molecule has 0 N–H and O–H groups in total. The molecule has 0 radical (unpaired) electrons. The number of alkyl halides is 3. The summed E-state index contributed by atoms with van der Waals surface area (Å²) >= 11 is 8.71. The van der Waals surface area contributed by atoms with Crippen LogP contribution in [0.5, 0.6) is 0 Å². The van der Waals surface area contributed by atoms with Crippen molar-refractivity contribution in [2.45, 2.75) is 19.2 Å². The van der Waals surface area contributed by atoms with Crippen LogP contribution in [0.25, 0.3) is 0 Å². The first-order chi connectivity index (χ1) is 6.06. The van der Waals surface area contributed by atoms with Gasteiger partial charge in [0.15, 0.2) is 0 Å². The fourth-order valence-corrected chi connectivity index (χ4v) is 1.51. The second-order valence-electron chi connectivity index (χ2n) is 2.53. The summed E-state index contributed by atoms with van der Waals surface area (Å²) in [7, 11) is 0. The molecule has 0 bridgehead atoms. The quantitative estimate of drug-likeness (QED) is 0.744. The van der Waals surface area contributed by atoms with Crippen molar-refractivity contribution >= 4 is 27.5 Å². The smallest absolute Gasteiger partial charge is 0.251 e. The van der Waals surface area contributed by atoms with Gasteiger partial charge in [0.2, 0.25) is 0 Å². The Morgan fingerprint density at radius 1 is 1.62 bits per heavy atom. The highest BCUT2D eigenvalue weighted by Gasteiger charge is 2.15. The molecule has 1 heterocycles. The number of halogens is 4. The molecule has 1 rings (SSSR count). The third-order valence-electron chi connectivity index (χ3n) is 1.61. The Hall–Kier alpha value is -0.220. The second kappa shape index (κ2) is 4.33. The molecule has 0 fully saturated rings. The van der Waals surface area contributed by atoms with Crippen molar-refractivity contribution in [3.8, 4) is 0 Å². The van der Waals surface area contributed by atoms with Crippen LogP contribution in [0.1, 0.15) is 23.4 Å². The van der Waals surface area contributed by atoms with E-state index in [1.807, 2.05) is 0 Å². The highest BCUT2D eigenvalue weighted by molar-refractivity contribution is 9.10. The summed E-state index contributed by atoms with van der Waals surface area (Å²) in [6.45, 7) is 1.66. The minimum atomic E-state index is -2.57. The van der Waals surface area contributed by atoms with E-state index >= 15 is 0 Å². The van der Waals surface area contributed by atoms with E-state index in [9.17, 15) is 8.78 Å².